The van der Waals surface area contributed by atoms with E-state index in [2.05, 4.69) is 10.2 Å². The van der Waals surface area contributed by atoms with Crippen LogP contribution in [0.3, 0.4) is 0 Å². The van der Waals surface area contributed by atoms with Gasteiger partial charge in [0.25, 0.3) is 0 Å². The molecule has 2 aliphatic rings. The minimum atomic E-state index is -2.88. The van der Waals surface area contributed by atoms with E-state index in [1.807, 2.05) is 0 Å². The Balaban J connectivity index is 1.62. The molecule has 4 nitrogen and oxygen atoms in total. The Bertz CT molecular complexity index is 369. The van der Waals surface area contributed by atoms with E-state index in [0.29, 0.717) is 18.3 Å². The van der Waals surface area contributed by atoms with E-state index in [4.69, 9.17) is 0 Å². The van der Waals surface area contributed by atoms with E-state index in [1.165, 1.54) is 19.4 Å². The number of hydrogen-bond acceptors (Lipinski definition) is 4. The second-order valence-corrected chi connectivity index (χ2v) is 9.06. The molecule has 0 aromatic carbocycles. The molecule has 19 heavy (non-hydrogen) atoms. The molecule has 0 bridgehead atoms. The SMILES string of the molecule is CC(C)S(=O)(=O)CCN1CCC(NCC2CC2)CC1. The van der Waals surface area contributed by atoms with Crippen molar-refractivity contribution in [1.82, 2.24) is 10.2 Å². The van der Waals surface area contributed by atoms with Crippen LogP contribution in [0.1, 0.15) is 39.5 Å². The largest absolute Gasteiger partial charge is 0.314 e. The van der Waals surface area contributed by atoms with E-state index in [9.17, 15) is 8.42 Å². The lowest BCUT2D eigenvalue weighted by Crippen LogP contribution is -2.44. The van der Waals surface area contributed by atoms with Gasteiger partial charge in [-0.1, -0.05) is 0 Å². The second-order valence-electron chi connectivity index (χ2n) is 6.38. The maximum absolute atomic E-state index is 11.8. The van der Waals surface area contributed by atoms with Gasteiger partial charge in [0.05, 0.1) is 11.0 Å². The number of rotatable bonds is 7. The van der Waals surface area contributed by atoms with Gasteiger partial charge in [-0.15, -0.1) is 0 Å². The molecule has 1 aliphatic heterocycles. The third kappa shape index (κ3) is 5.04. The fraction of sp³-hybridized carbons (Fsp3) is 1.00. The van der Waals surface area contributed by atoms with E-state index < -0.39 is 9.84 Å². The van der Waals surface area contributed by atoms with Crippen molar-refractivity contribution >= 4 is 9.84 Å². The summed E-state index contributed by atoms with van der Waals surface area (Å²) in [5, 5.41) is 3.40. The molecule has 1 saturated carbocycles. The Morgan fingerprint density at radius 1 is 1.16 bits per heavy atom. The minimum Gasteiger partial charge on any atom is -0.314 e. The molecule has 1 heterocycles. The third-order valence-electron chi connectivity index (χ3n) is 4.39. The van der Waals surface area contributed by atoms with Crippen molar-refractivity contribution in [2.45, 2.75) is 50.8 Å². The van der Waals surface area contributed by atoms with Crippen LogP contribution in [0.4, 0.5) is 0 Å². The van der Waals surface area contributed by atoms with Gasteiger partial charge in [0.15, 0.2) is 9.84 Å². The number of piperidine rings is 1. The van der Waals surface area contributed by atoms with Crippen molar-refractivity contribution in [3.05, 3.63) is 0 Å². The fourth-order valence-electron chi connectivity index (χ4n) is 2.51. The Morgan fingerprint density at radius 3 is 2.32 bits per heavy atom. The number of nitrogens with one attached hydrogen (secondary N) is 1. The average Bonchev–Trinajstić information content (AvgIpc) is 3.19. The molecule has 0 amide bonds. The third-order valence-corrected chi connectivity index (χ3v) is 6.58. The highest BCUT2D eigenvalue weighted by atomic mass is 32.2. The summed E-state index contributed by atoms with van der Waals surface area (Å²) in [4.78, 5) is 2.30. The van der Waals surface area contributed by atoms with Crippen LogP contribution in [0.2, 0.25) is 0 Å². The van der Waals surface area contributed by atoms with Gasteiger partial charge in [-0.05, 0) is 65.1 Å². The molecule has 1 aliphatic carbocycles. The van der Waals surface area contributed by atoms with Crippen molar-refractivity contribution in [3.8, 4) is 0 Å². The highest BCUT2D eigenvalue weighted by molar-refractivity contribution is 7.92. The summed E-state index contributed by atoms with van der Waals surface area (Å²) >= 11 is 0. The molecule has 1 N–H and O–H groups in total. The van der Waals surface area contributed by atoms with Gasteiger partial charge < -0.3 is 10.2 Å². The van der Waals surface area contributed by atoms with Crippen LogP contribution in [0.5, 0.6) is 0 Å². The van der Waals surface area contributed by atoms with Crippen LogP contribution in [0.15, 0.2) is 0 Å². The molecule has 2 rings (SSSR count). The van der Waals surface area contributed by atoms with Gasteiger partial charge in [0, 0.05) is 12.6 Å². The van der Waals surface area contributed by atoms with Gasteiger partial charge in [0.1, 0.15) is 0 Å². The molecular weight excluding hydrogens is 260 g/mol. The molecule has 0 radical (unpaired) electrons. The van der Waals surface area contributed by atoms with Gasteiger partial charge in [-0.3, -0.25) is 0 Å². The summed E-state index contributed by atoms with van der Waals surface area (Å²) in [5.41, 5.74) is 0. The van der Waals surface area contributed by atoms with E-state index in [0.717, 1.165) is 31.8 Å². The zero-order chi connectivity index (χ0) is 13.9. The van der Waals surface area contributed by atoms with Crippen LogP contribution < -0.4 is 5.32 Å². The zero-order valence-electron chi connectivity index (χ0n) is 12.3. The maximum atomic E-state index is 11.8. The summed E-state index contributed by atoms with van der Waals surface area (Å²) in [7, 11) is -2.88. The van der Waals surface area contributed by atoms with Crippen LogP contribution in [0, 0.1) is 5.92 Å². The second kappa shape index (κ2) is 6.55. The first-order chi connectivity index (χ1) is 8.97. The Labute approximate surface area is 117 Å². The van der Waals surface area contributed by atoms with Crippen molar-refractivity contribution in [1.29, 1.82) is 0 Å². The first-order valence-electron chi connectivity index (χ1n) is 7.64. The maximum Gasteiger partial charge on any atom is 0.153 e. The number of hydrogen-bond donors (Lipinski definition) is 1. The monoisotopic (exact) mass is 288 g/mol. The molecule has 5 heteroatoms. The molecule has 1 saturated heterocycles. The molecule has 0 spiro atoms. The lowest BCUT2D eigenvalue weighted by atomic mass is 10.1. The molecule has 0 aromatic rings. The summed E-state index contributed by atoms with van der Waals surface area (Å²) in [5.74, 6) is 1.25. The predicted molar refractivity (Wildman–Crippen MR) is 79.1 cm³/mol. The summed E-state index contributed by atoms with van der Waals surface area (Å²) < 4.78 is 23.6. The Hall–Kier alpha value is -0.130. The summed E-state index contributed by atoms with van der Waals surface area (Å²) in [6.45, 7) is 7.50. The summed E-state index contributed by atoms with van der Waals surface area (Å²) in [6, 6.07) is 0.651. The minimum absolute atomic E-state index is 0.245. The van der Waals surface area contributed by atoms with Gasteiger partial charge in [-0.25, -0.2) is 8.42 Å². The Morgan fingerprint density at radius 2 is 1.79 bits per heavy atom. The first-order valence-corrected chi connectivity index (χ1v) is 9.36. The van der Waals surface area contributed by atoms with Crippen molar-refractivity contribution < 1.29 is 8.42 Å². The van der Waals surface area contributed by atoms with Crippen LogP contribution >= 0.6 is 0 Å². The average molecular weight is 288 g/mol. The molecular formula is C14H28N2O2S. The lowest BCUT2D eigenvalue weighted by Gasteiger charge is -2.32. The zero-order valence-corrected chi connectivity index (χ0v) is 13.1. The number of nitrogens with zero attached hydrogens (tertiary/aromatic N) is 1. The number of likely N-dealkylation sites (tertiary alicyclic amines) is 1. The molecule has 0 unspecified atom stereocenters. The topological polar surface area (TPSA) is 49.4 Å². The molecule has 0 aromatic heterocycles. The smallest absolute Gasteiger partial charge is 0.153 e. The standard InChI is InChI=1S/C14H28N2O2S/c1-12(2)19(17,18)10-9-16-7-5-14(6-8-16)15-11-13-3-4-13/h12-15H,3-11H2,1-2H3. The van der Waals surface area contributed by atoms with Crippen LogP contribution in [-0.2, 0) is 9.84 Å². The van der Waals surface area contributed by atoms with Crippen molar-refractivity contribution in [3.63, 3.8) is 0 Å². The van der Waals surface area contributed by atoms with Crippen LogP contribution in [-0.4, -0.2) is 56.5 Å². The molecule has 0 atom stereocenters. The fourth-order valence-corrected chi connectivity index (χ4v) is 3.49. The highest BCUT2D eigenvalue weighted by Gasteiger charge is 2.25. The predicted octanol–water partition coefficient (Wildman–Crippen LogP) is 1.27. The normalized spacial score (nSPS) is 23.1. The van der Waals surface area contributed by atoms with Crippen LogP contribution in [0.25, 0.3) is 0 Å². The van der Waals surface area contributed by atoms with Gasteiger partial charge in [-0.2, -0.15) is 0 Å². The Kier molecular flexibility index (Phi) is 5.26. The molecule has 2 fully saturated rings. The lowest BCUT2D eigenvalue weighted by molar-refractivity contribution is 0.206. The van der Waals surface area contributed by atoms with E-state index in [-0.39, 0.29) is 5.25 Å². The van der Waals surface area contributed by atoms with Gasteiger partial charge in [0.2, 0.25) is 0 Å². The van der Waals surface area contributed by atoms with Crippen molar-refractivity contribution in [2.24, 2.45) is 5.92 Å². The quantitative estimate of drug-likeness (QED) is 0.766. The van der Waals surface area contributed by atoms with E-state index in [1.54, 1.807) is 13.8 Å². The van der Waals surface area contributed by atoms with Gasteiger partial charge >= 0.3 is 0 Å². The number of sulfone groups is 1. The first kappa shape index (κ1) is 15.3. The van der Waals surface area contributed by atoms with Crippen molar-refractivity contribution in [2.75, 3.05) is 31.9 Å². The molecule has 112 valence electrons. The van der Waals surface area contributed by atoms with E-state index >= 15 is 0 Å². The highest BCUT2D eigenvalue weighted by Crippen LogP contribution is 2.28. The summed E-state index contributed by atoms with van der Waals surface area (Å²) in [6.07, 6.45) is 5.13.